The first-order chi connectivity index (χ1) is 6.63. The lowest BCUT2D eigenvalue weighted by Gasteiger charge is -2.15. The van der Waals surface area contributed by atoms with Crippen LogP contribution in [-0.2, 0) is 4.74 Å². The molecule has 1 amide bonds. The van der Waals surface area contributed by atoms with Crippen molar-refractivity contribution in [3.8, 4) is 0 Å². The number of nitrogens with zero attached hydrogens (tertiary/aromatic N) is 1. The standard InChI is InChI=1S/C8H17N3O3/c1-3-6(5-7(9)11-13)10-8(12)14-4-2/h6,13H,3-5H2,1-2H3,(H2,9,11)(H,10,12). The molecule has 0 fully saturated rings. The summed E-state index contributed by atoms with van der Waals surface area (Å²) in [5.74, 6) is 0.0913. The van der Waals surface area contributed by atoms with Gasteiger partial charge in [0.2, 0.25) is 0 Å². The van der Waals surface area contributed by atoms with Gasteiger partial charge in [-0.05, 0) is 13.3 Å². The van der Waals surface area contributed by atoms with Gasteiger partial charge in [-0.15, -0.1) is 0 Å². The van der Waals surface area contributed by atoms with Crippen LogP contribution in [0.4, 0.5) is 4.79 Å². The first kappa shape index (κ1) is 12.5. The van der Waals surface area contributed by atoms with Crippen molar-refractivity contribution in [2.75, 3.05) is 6.61 Å². The second-order valence-electron chi connectivity index (χ2n) is 2.77. The lowest BCUT2D eigenvalue weighted by atomic mass is 10.1. The molecule has 0 spiro atoms. The van der Waals surface area contributed by atoms with Crippen molar-refractivity contribution in [1.82, 2.24) is 5.32 Å². The van der Waals surface area contributed by atoms with E-state index in [1.54, 1.807) is 6.92 Å². The number of alkyl carbamates (subject to hydrolysis) is 1. The van der Waals surface area contributed by atoms with Gasteiger partial charge in [0.25, 0.3) is 0 Å². The number of nitrogens with one attached hydrogen (secondary N) is 1. The summed E-state index contributed by atoms with van der Waals surface area (Å²) in [7, 11) is 0. The molecule has 6 nitrogen and oxygen atoms in total. The SMILES string of the molecule is CCOC(=O)NC(CC)CC(N)=NO. The van der Waals surface area contributed by atoms with Gasteiger partial charge < -0.3 is 21.0 Å². The normalized spacial score (nSPS) is 13.4. The van der Waals surface area contributed by atoms with Gasteiger partial charge in [-0.3, -0.25) is 0 Å². The highest BCUT2D eigenvalue weighted by Gasteiger charge is 2.12. The number of rotatable bonds is 5. The Morgan fingerprint density at radius 2 is 2.29 bits per heavy atom. The molecule has 0 bridgehead atoms. The van der Waals surface area contributed by atoms with Crippen LogP contribution in [0.3, 0.4) is 0 Å². The molecular weight excluding hydrogens is 186 g/mol. The predicted molar refractivity (Wildman–Crippen MR) is 52.3 cm³/mol. The molecule has 0 aliphatic carbocycles. The molecule has 82 valence electrons. The van der Waals surface area contributed by atoms with Crippen LogP contribution in [0.15, 0.2) is 5.16 Å². The van der Waals surface area contributed by atoms with Gasteiger partial charge in [-0.2, -0.15) is 0 Å². The van der Waals surface area contributed by atoms with Crippen LogP contribution >= 0.6 is 0 Å². The molecule has 0 rings (SSSR count). The maximum Gasteiger partial charge on any atom is 0.407 e. The van der Waals surface area contributed by atoms with E-state index in [2.05, 4.69) is 10.5 Å². The molecule has 0 saturated heterocycles. The molecule has 0 heterocycles. The molecule has 4 N–H and O–H groups in total. The zero-order chi connectivity index (χ0) is 11.0. The summed E-state index contributed by atoms with van der Waals surface area (Å²) in [5, 5.41) is 13.8. The van der Waals surface area contributed by atoms with Gasteiger partial charge in [0.05, 0.1) is 6.61 Å². The number of amides is 1. The zero-order valence-electron chi connectivity index (χ0n) is 8.49. The van der Waals surface area contributed by atoms with E-state index in [4.69, 9.17) is 15.7 Å². The fourth-order valence-corrected chi connectivity index (χ4v) is 0.930. The van der Waals surface area contributed by atoms with Crippen LogP contribution in [0.25, 0.3) is 0 Å². The third-order valence-electron chi connectivity index (χ3n) is 1.67. The van der Waals surface area contributed by atoms with E-state index in [1.807, 2.05) is 6.92 Å². The van der Waals surface area contributed by atoms with Gasteiger partial charge in [-0.25, -0.2) is 4.79 Å². The van der Waals surface area contributed by atoms with E-state index in [1.165, 1.54) is 0 Å². The smallest absolute Gasteiger partial charge is 0.407 e. The number of hydrogen-bond donors (Lipinski definition) is 3. The summed E-state index contributed by atoms with van der Waals surface area (Å²) >= 11 is 0. The van der Waals surface area contributed by atoms with E-state index in [0.717, 1.165) is 0 Å². The maximum absolute atomic E-state index is 11.0. The summed E-state index contributed by atoms with van der Waals surface area (Å²) in [6.45, 7) is 3.94. The van der Waals surface area contributed by atoms with E-state index >= 15 is 0 Å². The number of ether oxygens (including phenoxy) is 1. The largest absolute Gasteiger partial charge is 0.450 e. The van der Waals surface area contributed by atoms with Crippen molar-refractivity contribution >= 4 is 11.9 Å². The second-order valence-corrected chi connectivity index (χ2v) is 2.77. The van der Waals surface area contributed by atoms with E-state index in [9.17, 15) is 4.79 Å². The fourth-order valence-electron chi connectivity index (χ4n) is 0.930. The van der Waals surface area contributed by atoms with Crippen molar-refractivity contribution < 1.29 is 14.7 Å². The number of nitrogens with two attached hydrogens (primary N) is 1. The molecule has 0 aromatic heterocycles. The van der Waals surface area contributed by atoms with Gasteiger partial charge in [0, 0.05) is 12.5 Å². The maximum atomic E-state index is 11.0. The van der Waals surface area contributed by atoms with E-state index in [-0.39, 0.29) is 11.9 Å². The first-order valence-corrected chi connectivity index (χ1v) is 4.53. The molecule has 0 aliphatic heterocycles. The van der Waals surface area contributed by atoms with Gasteiger partial charge in [-0.1, -0.05) is 12.1 Å². The average molecular weight is 203 g/mol. The van der Waals surface area contributed by atoms with Crippen LogP contribution in [0.5, 0.6) is 0 Å². The number of amidine groups is 1. The van der Waals surface area contributed by atoms with Crippen LogP contribution in [0.1, 0.15) is 26.7 Å². The summed E-state index contributed by atoms with van der Waals surface area (Å²) < 4.78 is 4.70. The molecule has 1 unspecified atom stereocenters. The van der Waals surface area contributed by atoms with Crippen LogP contribution in [0, 0.1) is 0 Å². The summed E-state index contributed by atoms with van der Waals surface area (Å²) in [6, 6.07) is -0.162. The Balaban J connectivity index is 3.96. The number of carbonyl (C=O) groups excluding carboxylic acids is 1. The minimum absolute atomic E-state index is 0.0913. The average Bonchev–Trinajstić information content (AvgIpc) is 2.16. The highest BCUT2D eigenvalue weighted by Crippen LogP contribution is 1.98. The van der Waals surface area contributed by atoms with Crippen molar-refractivity contribution in [1.29, 1.82) is 0 Å². The molecule has 6 heteroatoms. The Morgan fingerprint density at radius 1 is 1.64 bits per heavy atom. The van der Waals surface area contributed by atoms with Crippen molar-refractivity contribution in [2.24, 2.45) is 10.9 Å². The Hall–Kier alpha value is -1.46. The molecular formula is C8H17N3O3. The molecule has 14 heavy (non-hydrogen) atoms. The van der Waals surface area contributed by atoms with E-state index < -0.39 is 6.09 Å². The van der Waals surface area contributed by atoms with Crippen LogP contribution in [-0.4, -0.2) is 29.8 Å². The minimum Gasteiger partial charge on any atom is -0.450 e. The van der Waals surface area contributed by atoms with Crippen molar-refractivity contribution in [3.05, 3.63) is 0 Å². The lowest BCUT2D eigenvalue weighted by molar-refractivity contribution is 0.148. The van der Waals surface area contributed by atoms with Crippen LogP contribution < -0.4 is 11.1 Å². The predicted octanol–water partition coefficient (Wildman–Crippen LogP) is 0.648. The van der Waals surface area contributed by atoms with Gasteiger partial charge in [0.15, 0.2) is 0 Å². The molecule has 0 saturated carbocycles. The molecule has 1 atom stereocenters. The zero-order valence-corrected chi connectivity index (χ0v) is 8.49. The highest BCUT2D eigenvalue weighted by molar-refractivity contribution is 5.80. The van der Waals surface area contributed by atoms with E-state index in [0.29, 0.717) is 19.4 Å². The van der Waals surface area contributed by atoms with Crippen molar-refractivity contribution in [3.63, 3.8) is 0 Å². The number of oxime groups is 1. The Bertz CT molecular complexity index is 206. The highest BCUT2D eigenvalue weighted by atomic mass is 16.5. The monoisotopic (exact) mass is 203 g/mol. The summed E-state index contributed by atoms with van der Waals surface area (Å²) in [6.07, 6.45) is 0.519. The molecule has 0 aromatic carbocycles. The van der Waals surface area contributed by atoms with Crippen molar-refractivity contribution in [2.45, 2.75) is 32.7 Å². The third-order valence-corrected chi connectivity index (χ3v) is 1.67. The first-order valence-electron chi connectivity index (χ1n) is 4.53. The van der Waals surface area contributed by atoms with Crippen LogP contribution in [0.2, 0.25) is 0 Å². The second kappa shape index (κ2) is 6.99. The molecule has 0 aromatic rings. The van der Waals surface area contributed by atoms with Gasteiger partial charge >= 0.3 is 6.09 Å². The van der Waals surface area contributed by atoms with Gasteiger partial charge in [0.1, 0.15) is 5.84 Å². The minimum atomic E-state index is -0.481. The fraction of sp³-hybridized carbons (Fsp3) is 0.750. The lowest BCUT2D eigenvalue weighted by Crippen LogP contribution is -2.37. The Labute approximate surface area is 83.1 Å². The molecule has 0 aliphatic rings. The third kappa shape index (κ3) is 5.23. The number of carbonyl (C=O) groups is 1. The molecule has 0 radical (unpaired) electrons. The quantitative estimate of drug-likeness (QED) is 0.264. The topological polar surface area (TPSA) is 96.9 Å². The Morgan fingerprint density at radius 3 is 2.71 bits per heavy atom. The number of hydrogen-bond acceptors (Lipinski definition) is 4. The summed E-state index contributed by atoms with van der Waals surface area (Å²) in [4.78, 5) is 11.0. The summed E-state index contributed by atoms with van der Waals surface area (Å²) in [5.41, 5.74) is 5.31. The Kier molecular flexibility index (Phi) is 6.26.